The minimum Gasteiger partial charge on any atom is -0.349 e. The lowest BCUT2D eigenvalue weighted by molar-refractivity contribution is -0.131. The number of hydrogen-bond acceptors (Lipinski definition) is 2. The molecule has 6 heteroatoms. The minimum atomic E-state index is -3.06. The van der Waals surface area contributed by atoms with Gasteiger partial charge in [0.05, 0.1) is 18.5 Å². The normalized spacial score (nSPS) is 17.4. The lowest BCUT2D eigenvalue weighted by atomic mass is 9.64. The van der Waals surface area contributed by atoms with Gasteiger partial charge in [0.1, 0.15) is 0 Å². The zero-order chi connectivity index (χ0) is 14.8. The molecule has 0 aliphatic heterocycles. The Morgan fingerprint density at radius 2 is 1.95 bits per heavy atom. The van der Waals surface area contributed by atoms with Crippen molar-refractivity contribution in [1.82, 2.24) is 5.32 Å². The van der Waals surface area contributed by atoms with E-state index in [2.05, 4.69) is 21.2 Å². The number of amides is 1. The van der Waals surface area contributed by atoms with E-state index in [0.717, 1.165) is 16.5 Å². The Kier molecular flexibility index (Phi) is 4.44. The number of carbonyl (C=O) groups excluding carboxylic acids is 1. The van der Waals surface area contributed by atoms with Crippen LogP contribution in [0.15, 0.2) is 28.7 Å². The van der Waals surface area contributed by atoms with Crippen molar-refractivity contribution in [1.29, 1.82) is 0 Å². The standard InChI is InChI=1S/C14H17BrF2N2O/c15-11-4-2-10(3-5-11)13(6-1-7-13)12(20)19-9-14(16,17)8-18/h2-5H,1,6-9,18H2,(H,19,20). The van der Waals surface area contributed by atoms with E-state index in [-0.39, 0.29) is 5.91 Å². The maximum absolute atomic E-state index is 13.1. The Hall–Kier alpha value is -1.01. The quantitative estimate of drug-likeness (QED) is 0.860. The molecule has 1 amide bonds. The highest BCUT2D eigenvalue weighted by molar-refractivity contribution is 9.10. The summed E-state index contributed by atoms with van der Waals surface area (Å²) >= 11 is 3.34. The predicted octanol–water partition coefficient (Wildman–Crippen LogP) is 2.58. The van der Waals surface area contributed by atoms with Crippen LogP contribution < -0.4 is 11.1 Å². The van der Waals surface area contributed by atoms with Gasteiger partial charge in [-0.3, -0.25) is 4.79 Å². The van der Waals surface area contributed by atoms with Gasteiger partial charge in [0.2, 0.25) is 5.91 Å². The number of nitrogens with two attached hydrogens (primary N) is 1. The molecule has 0 saturated heterocycles. The van der Waals surface area contributed by atoms with Crippen LogP contribution in [0, 0.1) is 0 Å². The van der Waals surface area contributed by atoms with Crippen LogP contribution in [-0.4, -0.2) is 24.9 Å². The first-order valence-corrected chi connectivity index (χ1v) is 7.31. The molecule has 20 heavy (non-hydrogen) atoms. The Morgan fingerprint density at radius 3 is 2.40 bits per heavy atom. The van der Waals surface area contributed by atoms with Gasteiger partial charge in [0.25, 0.3) is 5.92 Å². The zero-order valence-electron chi connectivity index (χ0n) is 11.0. The molecule has 0 heterocycles. The van der Waals surface area contributed by atoms with Crippen LogP contribution >= 0.6 is 15.9 Å². The first-order chi connectivity index (χ1) is 9.39. The van der Waals surface area contributed by atoms with E-state index in [1.807, 2.05) is 24.3 Å². The topological polar surface area (TPSA) is 55.1 Å². The smallest absolute Gasteiger partial charge is 0.277 e. The van der Waals surface area contributed by atoms with Gasteiger partial charge in [-0.05, 0) is 30.5 Å². The summed E-state index contributed by atoms with van der Waals surface area (Å²) in [5.74, 6) is -3.39. The lowest BCUT2D eigenvalue weighted by Gasteiger charge is -2.41. The number of benzene rings is 1. The molecule has 1 aliphatic carbocycles. The molecule has 1 aromatic rings. The third kappa shape index (κ3) is 3.01. The van der Waals surface area contributed by atoms with Gasteiger partial charge in [0.15, 0.2) is 0 Å². The Balaban J connectivity index is 2.11. The molecule has 0 spiro atoms. The predicted molar refractivity (Wildman–Crippen MR) is 76.7 cm³/mol. The van der Waals surface area contributed by atoms with Crippen LogP contribution in [0.5, 0.6) is 0 Å². The van der Waals surface area contributed by atoms with E-state index >= 15 is 0 Å². The van der Waals surface area contributed by atoms with Gasteiger partial charge in [-0.2, -0.15) is 0 Å². The molecule has 1 saturated carbocycles. The van der Waals surface area contributed by atoms with Crippen LogP contribution in [0.25, 0.3) is 0 Å². The third-order valence-corrected chi connectivity index (χ3v) is 4.37. The van der Waals surface area contributed by atoms with Gasteiger partial charge in [-0.15, -0.1) is 0 Å². The van der Waals surface area contributed by atoms with Crippen LogP contribution in [0.2, 0.25) is 0 Å². The van der Waals surface area contributed by atoms with Crippen LogP contribution in [0.3, 0.4) is 0 Å². The van der Waals surface area contributed by atoms with Crippen molar-refractivity contribution in [2.45, 2.75) is 30.6 Å². The molecule has 0 atom stereocenters. The molecule has 0 unspecified atom stereocenters. The van der Waals surface area contributed by atoms with Crippen molar-refractivity contribution in [3.8, 4) is 0 Å². The van der Waals surface area contributed by atoms with Gasteiger partial charge < -0.3 is 11.1 Å². The summed E-state index contributed by atoms with van der Waals surface area (Å²) < 4.78 is 27.2. The van der Waals surface area contributed by atoms with Crippen molar-refractivity contribution < 1.29 is 13.6 Å². The number of alkyl halides is 2. The number of hydrogen-bond donors (Lipinski definition) is 2. The molecule has 2 rings (SSSR count). The van der Waals surface area contributed by atoms with Crippen molar-refractivity contribution in [2.24, 2.45) is 5.73 Å². The fourth-order valence-electron chi connectivity index (χ4n) is 2.40. The van der Waals surface area contributed by atoms with Gasteiger partial charge in [-0.1, -0.05) is 34.5 Å². The van der Waals surface area contributed by atoms with Crippen molar-refractivity contribution in [3.05, 3.63) is 34.3 Å². The molecule has 0 aromatic heterocycles. The van der Waals surface area contributed by atoms with E-state index < -0.39 is 24.4 Å². The molecule has 1 aliphatic rings. The van der Waals surface area contributed by atoms with E-state index in [1.54, 1.807) is 0 Å². The summed E-state index contributed by atoms with van der Waals surface area (Å²) in [5, 5.41) is 2.35. The van der Waals surface area contributed by atoms with E-state index in [9.17, 15) is 13.6 Å². The summed E-state index contributed by atoms with van der Waals surface area (Å²) in [5.41, 5.74) is 5.18. The maximum atomic E-state index is 13.1. The Bertz CT molecular complexity index is 486. The highest BCUT2D eigenvalue weighted by Gasteiger charge is 2.46. The molecule has 3 nitrogen and oxygen atoms in total. The van der Waals surface area contributed by atoms with Crippen LogP contribution in [-0.2, 0) is 10.2 Å². The average Bonchev–Trinajstić information content (AvgIpc) is 2.37. The van der Waals surface area contributed by atoms with E-state index in [1.165, 1.54) is 0 Å². The van der Waals surface area contributed by atoms with Gasteiger partial charge in [0, 0.05) is 4.47 Å². The molecular weight excluding hydrogens is 330 g/mol. The van der Waals surface area contributed by atoms with Crippen molar-refractivity contribution >= 4 is 21.8 Å². The summed E-state index contributed by atoms with van der Waals surface area (Å²) in [6.07, 6.45) is 2.31. The highest BCUT2D eigenvalue weighted by Crippen LogP contribution is 2.44. The molecule has 3 N–H and O–H groups in total. The molecule has 0 radical (unpaired) electrons. The highest BCUT2D eigenvalue weighted by atomic mass is 79.9. The fourth-order valence-corrected chi connectivity index (χ4v) is 2.66. The number of rotatable bonds is 5. The number of halogens is 3. The second kappa shape index (κ2) is 5.77. The molecule has 1 aromatic carbocycles. The lowest BCUT2D eigenvalue weighted by Crippen LogP contribution is -2.52. The summed E-state index contributed by atoms with van der Waals surface area (Å²) in [6, 6.07) is 7.45. The minimum absolute atomic E-state index is 0.334. The first kappa shape index (κ1) is 15.4. The number of nitrogens with one attached hydrogen (secondary N) is 1. The second-order valence-corrected chi connectivity index (χ2v) is 6.10. The third-order valence-electron chi connectivity index (χ3n) is 3.84. The van der Waals surface area contributed by atoms with Crippen molar-refractivity contribution in [2.75, 3.05) is 13.1 Å². The van der Waals surface area contributed by atoms with Crippen LogP contribution in [0.1, 0.15) is 24.8 Å². The zero-order valence-corrected chi connectivity index (χ0v) is 12.6. The van der Waals surface area contributed by atoms with Crippen molar-refractivity contribution in [3.63, 3.8) is 0 Å². The van der Waals surface area contributed by atoms with E-state index in [0.29, 0.717) is 12.8 Å². The Morgan fingerprint density at radius 1 is 1.35 bits per heavy atom. The summed E-state index contributed by atoms with van der Waals surface area (Å²) in [7, 11) is 0. The Labute approximate surface area is 125 Å². The van der Waals surface area contributed by atoms with Crippen LogP contribution in [0.4, 0.5) is 8.78 Å². The maximum Gasteiger partial charge on any atom is 0.277 e. The fraction of sp³-hybridized carbons (Fsp3) is 0.500. The molecular formula is C14H17BrF2N2O. The molecule has 1 fully saturated rings. The van der Waals surface area contributed by atoms with Gasteiger partial charge in [-0.25, -0.2) is 8.78 Å². The monoisotopic (exact) mass is 346 g/mol. The first-order valence-electron chi connectivity index (χ1n) is 6.52. The summed E-state index contributed by atoms with van der Waals surface area (Å²) in [6.45, 7) is -1.47. The molecule has 0 bridgehead atoms. The summed E-state index contributed by atoms with van der Waals surface area (Å²) in [4.78, 5) is 12.3. The second-order valence-electron chi connectivity index (χ2n) is 5.19. The SMILES string of the molecule is NCC(F)(F)CNC(=O)C1(c2ccc(Br)cc2)CCC1. The van der Waals surface area contributed by atoms with Gasteiger partial charge >= 0.3 is 0 Å². The number of carbonyl (C=O) groups is 1. The average molecular weight is 347 g/mol. The van der Waals surface area contributed by atoms with E-state index in [4.69, 9.17) is 5.73 Å². The largest absolute Gasteiger partial charge is 0.349 e. The molecule has 110 valence electrons.